The molecule has 1 aliphatic rings. The molecule has 0 bridgehead atoms. The van der Waals surface area contributed by atoms with Crippen LogP contribution in [0, 0.1) is 0 Å². The number of aromatic nitrogens is 2. The van der Waals surface area contributed by atoms with Crippen molar-refractivity contribution in [3.05, 3.63) is 36.4 Å². The molecule has 2 aromatic rings. The Balaban J connectivity index is 0.000000639. The van der Waals surface area contributed by atoms with Gasteiger partial charge in [-0.05, 0) is 20.3 Å². The second-order valence-electron chi connectivity index (χ2n) is 4.86. The van der Waals surface area contributed by atoms with E-state index in [4.69, 9.17) is 5.10 Å². The molecule has 0 saturated heterocycles. The van der Waals surface area contributed by atoms with E-state index in [1.165, 1.54) is 5.56 Å². The molecule has 2 heterocycles. The van der Waals surface area contributed by atoms with Gasteiger partial charge >= 0.3 is 0 Å². The van der Waals surface area contributed by atoms with Crippen LogP contribution in [0.2, 0.25) is 0 Å². The quantitative estimate of drug-likeness (QED) is 0.812. The summed E-state index contributed by atoms with van der Waals surface area (Å²) >= 11 is 0. The number of hydrogen-bond donors (Lipinski definition) is 1. The number of hydrogen-bond acceptors (Lipinski definition) is 2. The minimum atomic E-state index is 0. The first-order valence-corrected chi connectivity index (χ1v) is 7.15. The zero-order valence-corrected chi connectivity index (χ0v) is 12.2. The Kier molecular flexibility index (Phi) is 4.25. The summed E-state index contributed by atoms with van der Waals surface area (Å²) in [7, 11) is 0. The van der Waals surface area contributed by atoms with Crippen LogP contribution in [-0.4, -0.2) is 15.8 Å². The maximum absolute atomic E-state index is 4.69. The Labute approximate surface area is 117 Å². The van der Waals surface area contributed by atoms with Crippen LogP contribution in [0.1, 0.15) is 41.6 Å². The second kappa shape index (κ2) is 5.91. The lowest BCUT2D eigenvalue weighted by Crippen LogP contribution is -2.28. The Morgan fingerprint density at radius 1 is 1.21 bits per heavy atom. The molecule has 0 radical (unpaired) electrons. The molecule has 0 saturated carbocycles. The van der Waals surface area contributed by atoms with Crippen molar-refractivity contribution in [2.45, 2.75) is 46.2 Å². The topological polar surface area (TPSA) is 29.9 Å². The number of anilines is 1. The Bertz CT molecular complexity index is 522. The van der Waals surface area contributed by atoms with Gasteiger partial charge in [-0.25, -0.2) is 4.68 Å². The summed E-state index contributed by atoms with van der Waals surface area (Å²) in [6, 6.07) is 13.5. The molecule has 2 unspecified atom stereocenters. The third-order valence-corrected chi connectivity index (χ3v) is 3.31. The smallest absolute Gasteiger partial charge is 0.125 e. The van der Waals surface area contributed by atoms with Crippen LogP contribution in [0.5, 0.6) is 0 Å². The Hall–Kier alpha value is -1.77. The Morgan fingerprint density at radius 3 is 2.58 bits per heavy atom. The van der Waals surface area contributed by atoms with Gasteiger partial charge in [0.05, 0.1) is 11.7 Å². The lowest BCUT2D eigenvalue weighted by atomic mass is 10.1. The normalized spacial score (nSPS) is 20.8. The maximum atomic E-state index is 4.69. The molecule has 104 valence electrons. The average molecular weight is 259 g/mol. The van der Waals surface area contributed by atoms with E-state index in [1.54, 1.807) is 0 Å². The molecule has 0 amide bonds. The molecule has 1 aromatic heterocycles. The van der Waals surface area contributed by atoms with Gasteiger partial charge in [0.1, 0.15) is 5.82 Å². The van der Waals surface area contributed by atoms with Crippen LogP contribution in [0.4, 0.5) is 5.82 Å². The molecular weight excluding hydrogens is 234 g/mol. The van der Waals surface area contributed by atoms with Gasteiger partial charge in [-0.1, -0.05) is 44.2 Å². The molecule has 1 N–H and O–H groups in total. The molecular formula is C16H25N3. The van der Waals surface area contributed by atoms with E-state index in [1.807, 2.05) is 32.0 Å². The van der Waals surface area contributed by atoms with Gasteiger partial charge in [0.2, 0.25) is 0 Å². The minimum absolute atomic E-state index is 0. The van der Waals surface area contributed by atoms with Gasteiger partial charge < -0.3 is 5.32 Å². The van der Waals surface area contributed by atoms with E-state index in [-0.39, 0.29) is 1.43 Å². The maximum Gasteiger partial charge on any atom is 0.125 e. The summed E-state index contributed by atoms with van der Waals surface area (Å²) in [5, 5.41) is 8.17. The van der Waals surface area contributed by atoms with Crippen LogP contribution >= 0.6 is 0 Å². The summed E-state index contributed by atoms with van der Waals surface area (Å²) in [5.41, 5.74) is 2.23. The van der Waals surface area contributed by atoms with Crippen molar-refractivity contribution in [2.24, 2.45) is 0 Å². The van der Waals surface area contributed by atoms with Gasteiger partial charge in [0.25, 0.3) is 0 Å². The Morgan fingerprint density at radius 2 is 1.89 bits per heavy atom. The van der Waals surface area contributed by atoms with E-state index in [2.05, 4.69) is 42.0 Å². The summed E-state index contributed by atoms with van der Waals surface area (Å²) < 4.78 is 2.10. The van der Waals surface area contributed by atoms with Crippen molar-refractivity contribution < 1.29 is 1.43 Å². The first-order valence-electron chi connectivity index (χ1n) is 7.15. The predicted octanol–water partition coefficient (Wildman–Crippen LogP) is 4.59. The molecule has 0 spiro atoms. The van der Waals surface area contributed by atoms with Gasteiger partial charge in [-0.3, -0.25) is 0 Å². The first kappa shape index (κ1) is 13.7. The lowest BCUT2D eigenvalue weighted by molar-refractivity contribution is 0.415. The zero-order chi connectivity index (χ0) is 13.8. The van der Waals surface area contributed by atoms with E-state index < -0.39 is 0 Å². The van der Waals surface area contributed by atoms with Gasteiger partial charge in [0, 0.05) is 19.1 Å². The summed E-state index contributed by atoms with van der Waals surface area (Å²) in [6.07, 6.45) is 1.13. The van der Waals surface area contributed by atoms with Crippen LogP contribution < -0.4 is 5.32 Å². The van der Waals surface area contributed by atoms with Crippen LogP contribution in [0.3, 0.4) is 0 Å². The summed E-state index contributed by atoms with van der Waals surface area (Å²) in [6.45, 7) is 8.44. The van der Waals surface area contributed by atoms with Crippen LogP contribution in [0.25, 0.3) is 11.3 Å². The highest BCUT2D eigenvalue weighted by Crippen LogP contribution is 2.30. The molecule has 0 aliphatic carbocycles. The fraction of sp³-hybridized carbons (Fsp3) is 0.438. The minimum Gasteiger partial charge on any atom is -0.368 e. The van der Waals surface area contributed by atoms with Gasteiger partial charge in [-0.2, -0.15) is 5.10 Å². The van der Waals surface area contributed by atoms with Crippen LogP contribution in [-0.2, 0) is 0 Å². The van der Waals surface area contributed by atoms with Crippen molar-refractivity contribution in [2.75, 3.05) is 5.32 Å². The average Bonchev–Trinajstić information content (AvgIpc) is 2.86. The third-order valence-electron chi connectivity index (χ3n) is 3.31. The van der Waals surface area contributed by atoms with E-state index >= 15 is 0 Å². The highest BCUT2D eigenvalue weighted by atomic mass is 15.4. The standard InChI is InChI=1S/C14H17N3.C2H6.H2/c1-10-8-11(2)17-14(15-10)9-13(16-17)12-6-4-3-5-7-12;1-2;/h3-7,9-11,15H,8H2,1-2H3;1-2H3;1H. The summed E-state index contributed by atoms with van der Waals surface area (Å²) in [5.74, 6) is 1.13. The van der Waals surface area contributed by atoms with Crippen molar-refractivity contribution in [3.8, 4) is 11.3 Å². The SMILES string of the molecule is CC.CC1CC(C)n2nc(-c3ccccc3)cc2N1.[HH]. The molecule has 3 rings (SSSR count). The molecule has 1 aliphatic heterocycles. The van der Waals surface area contributed by atoms with E-state index in [9.17, 15) is 0 Å². The highest BCUT2D eigenvalue weighted by molar-refractivity contribution is 5.63. The van der Waals surface area contributed by atoms with Crippen molar-refractivity contribution >= 4 is 5.82 Å². The number of fused-ring (bicyclic) bond motifs is 1. The number of rotatable bonds is 1. The third kappa shape index (κ3) is 2.80. The first-order chi connectivity index (χ1) is 9.24. The number of nitrogens with zero attached hydrogens (tertiary/aromatic N) is 2. The second-order valence-corrected chi connectivity index (χ2v) is 4.86. The highest BCUT2D eigenvalue weighted by Gasteiger charge is 2.22. The zero-order valence-electron chi connectivity index (χ0n) is 12.2. The predicted molar refractivity (Wildman–Crippen MR) is 83.5 cm³/mol. The largest absolute Gasteiger partial charge is 0.368 e. The fourth-order valence-corrected chi connectivity index (χ4v) is 2.51. The van der Waals surface area contributed by atoms with E-state index in [0.717, 1.165) is 17.9 Å². The number of benzene rings is 1. The number of nitrogens with one attached hydrogen (secondary N) is 1. The molecule has 19 heavy (non-hydrogen) atoms. The molecule has 1 aromatic carbocycles. The van der Waals surface area contributed by atoms with Gasteiger partial charge in [0.15, 0.2) is 0 Å². The monoisotopic (exact) mass is 259 g/mol. The van der Waals surface area contributed by atoms with Crippen molar-refractivity contribution in [1.29, 1.82) is 0 Å². The van der Waals surface area contributed by atoms with E-state index in [0.29, 0.717) is 12.1 Å². The molecule has 0 fully saturated rings. The molecule has 3 nitrogen and oxygen atoms in total. The fourth-order valence-electron chi connectivity index (χ4n) is 2.51. The van der Waals surface area contributed by atoms with Crippen molar-refractivity contribution in [3.63, 3.8) is 0 Å². The van der Waals surface area contributed by atoms with Crippen LogP contribution in [0.15, 0.2) is 36.4 Å². The van der Waals surface area contributed by atoms with Crippen molar-refractivity contribution in [1.82, 2.24) is 9.78 Å². The molecule has 3 heteroatoms. The lowest BCUT2D eigenvalue weighted by Gasteiger charge is -2.27. The van der Waals surface area contributed by atoms with Gasteiger partial charge in [-0.15, -0.1) is 0 Å². The molecule has 2 atom stereocenters. The summed E-state index contributed by atoms with van der Waals surface area (Å²) in [4.78, 5) is 0.